The summed E-state index contributed by atoms with van der Waals surface area (Å²) in [6, 6.07) is 4.50. The summed E-state index contributed by atoms with van der Waals surface area (Å²) in [5.74, 6) is 0. The SMILES string of the molecule is CC(CN1CCCC1)NS(=O)(=O)c1c(N)cccc1Cl. The van der Waals surface area contributed by atoms with Crippen LogP contribution in [0.1, 0.15) is 19.8 Å². The molecule has 1 aliphatic rings. The Kier molecular flexibility index (Phi) is 4.90. The quantitative estimate of drug-likeness (QED) is 0.810. The molecule has 20 heavy (non-hydrogen) atoms. The number of nitrogens with zero attached hydrogens (tertiary/aromatic N) is 1. The summed E-state index contributed by atoms with van der Waals surface area (Å²) in [6.07, 6.45) is 2.36. The fourth-order valence-corrected chi connectivity index (χ4v) is 4.43. The van der Waals surface area contributed by atoms with Crippen molar-refractivity contribution in [3.05, 3.63) is 23.2 Å². The summed E-state index contributed by atoms with van der Waals surface area (Å²) in [6.45, 7) is 4.60. The molecule has 0 spiro atoms. The van der Waals surface area contributed by atoms with E-state index in [1.165, 1.54) is 25.0 Å². The Labute approximate surface area is 125 Å². The molecule has 1 aliphatic heterocycles. The molecule has 1 unspecified atom stereocenters. The lowest BCUT2D eigenvalue weighted by Gasteiger charge is -2.21. The molecule has 1 atom stereocenters. The maximum absolute atomic E-state index is 12.4. The standard InChI is InChI=1S/C13H20ClN3O2S/c1-10(9-17-7-2-3-8-17)16-20(18,19)13-11(14)5-4-6-12(13)15/h4-6,10,16H,2-3,7-9,15H2,1H3. The molecule has 1 aromatic rings. The molecule has 7 heteroatoms. The van der Waals surface area contributed by atoms with Crippen LogP contribution in [0.5, 0.6) is 0 Å². The molecule has 0 radical (unpaired) electrons. The summed E-state index contributed by atoms with van der Waals surface area (Å²) in [5, 5.41) is 0.144. The summed E-state index contributed by atoms with van der Waals surface area (Å²) in [5.41, 5.74) is 5.90. The smallest absolute Gasteiger partial charge is 0.244 e. The summed E-state index contributed by atoms with van der Waals surface area (Å²) in [4.78, 5) is 2.22. The minimum absolute atomic E-state index is 0.0325. The number of hydrogen-bond donors (Lipinski definition) is 2. The van der Waals surface area contributed by atoms with Crippen molar-refractivity contribution in [2.24, 2.45) is 0 Å². The Morgan fingerprint density at radius 2 is 2.05 bits per heavy atom. The van der Waals surface area contributed by atoms with Crippen LogP contribution in [0, 0.1) is 0 Å². The minimum atomic E-state index is -3.70. The van der Waals surface area contributed by atoms with Crippen LogP contribution >= 0.6 is 11.6 Å². The molecule has 112 valence electrons. The molecule has 1 aromatic carbocycles. The van der Waals surface area contributed by atoms with E-state index in [2.05, 4.69) is 9.62 Å². The van der Waals surface area contributed by atoms with E-state index in [1.54, 1.807) is 6.07 Å². The predicted octanol–water partition coefficient (Wildman–Crippen LogP) is 1.68. The van der Waals surface area contributed by atoms with Crippen molar-refractivity contribution >= 4 is 27.3 Å². The number of halogens is 1. The van der Waals surface area contributed by atoms with Gasteiger partial charge in [0.05, 0.1) is 10.7 Å². The normalized spacial score (nSPS) is 18.3. The van der Waals surface area contributed by atoms with Crippen molar-refractivity contribution in [2.75, 3.05) is 25.4 Å². The Morgan fingerprint density at radius 3 is 2.65 bits per heavy atom. The number of likely N-dealkylation sites (tertiary alicyclic amines) is 1. The monoisotopic (exact) mass is 317 g/mol. The highest BCUT2D eigenvalue weighted by atomic mass is 35.5. The zero-order valence-corrected chi connectivity index (χ0v) is 13.0. The highest BCUT2D eigenvalue weighted by Gasteiger charge is 2.24. The molecule has 5 nitrogen and oxygen atoms in total. The first-order valence-electron chi connectivity index (χ1n) is 6.69. The van der Waals surface area contributed by atoms with Gasteiger partial charge in [-0.1, -0.05) is 17.7 Å². The minimum Gasteiger partial charge on any atom is -0.398 e. The lowest BCUT2D eigenvalue weighted by Crippen LogP contribution is -2.41. The summed E-state index contributed by atoms with van der Waals surface area (Å²) in [7, 11) is -3.70. The third kappa shape index (κ3) is 3.63. The average Bonchev–Trinajstić information content (AvgIpc) is 2.79. The van der Waals surface area contributed by atoms with Gasteiger partial charge in [-0.05, 0) is 45.0 Å². The van der Waals surface area contributed by atoms with E-state index in [-0.39, 0.29) is 21.6 Å². The predicted molar refractivity (Wildman–Crippen MR) is 81.3 cm³/mol. The molecule has 1 saturated heterocycles. The molecule has 1 fully saturated rings. The highest BCUT2D eigenvalue weighted by Crippen LogP contribution is 2.27. The molecule has 1 heterocycles. The molecular weight excluding hydrogens is 298 g/mol. The van der Waals surface area contributed by atoms with Gasteiger partial charge in [-0.25, -0.2) is 13.1 Å². The number of nitrogens with one attached hydrogen (secondary N) is 1. The van der Waals surface area contributed by atoms with E-state index in [9.17, 15) is 8.42 Å². The molecule has 0 aromatic heterocycles. The van der Waals surface area contributed by atoms with Crippen LogP contribution in [0.25, 0.3) is 0 Å². The first-order chi connectivity index (χ1) is 9.40. The largest absolute Gasteiger partial charge is 0.398 e. The average molecular weight is 318 g/mol. The van der Waals surface area contributed by atoms with Gasteiger partial charge in [0, 0.05) is 12.6 Å². The number of rotatable bonds is 5. The van der Waals surface area contributed by atoms with Gasteiger partial charge in [0.25, 0.3) is 0 Å². The van der Waals surface area contributed by atoms with Crippen molar-refractivity contribution in [1.29, 1.82) is 0 Å². The van der Waals surface area contributed by atoms with Crippen molar-refractivity contribution in [3.63, 3.8) is 0 Å². The Hall–Kier alpha value is -0.820. The van der Waals surface area contributed by atoms with E-state index in [0.717, 1.165) is 13.1 Å². The molecule has 2 rings (SSSR count). The zero-order chi connectivity index (χ0) is 14.8. The number of benzene rings is 1. The fourth-order valence-electron chi connectivity index (χ4n) is 2.52. The van der Waals surface area contributed by atoms with Gasteiger partial charge >= 0.3 is 0 Å². The van der Waals surface area contributed by atoms with Gasteiger partial charge in [-0.2, -0.15) is 0 Å². The second-order valence-electron chi connectivity index (χ2n) is 5.19. The highest BCUT2D eigenvalue weighted by molar-refractivity contribution is 7.89. The van der Waals surface area contributed by atoms with Crippen LogP contribution in [0.4, 0.5) is 5.69 Å². The lowest BCUT2D eigenvalue weighted by atomic mass is 10.3. The van der Waals surface area contributed by atoms with Gasteiger partial charge < -0.3 is 10.6 Å². The van der Waals surface area contributed by atoms with E-state index in [1.807, 2.05) is 6.92 Å². The van der Waals surface area contributed by atoms with Crippen LogP contribution in [0.3, 0.4) is 0 Å². The van der Waals surface area contributed by atoms with Crippen LogP contribution in [0.2, 0.25) is 5.02 Å². The number of anilines is 1. The molecule has 0 saturated carbocycles. The first-order valence-corrected chi connectivity index (χ1v) is 8.55. The van der Waals surface area contributed by atoms with Crippen molar-refractivity contribution in [3.8, 4) is 0 Å². The Bertz CT molecular complexity index is 551. The van der Waals surface area contributed by atoms with E-state index < -0.39 is 10.0 Å². The number of nitrogens with two attached hydrogens (primary N) is 1. The van der Waals surface area contributed by atoms with Crippen molar-refractivity contribution in [2.45, 2.75) is 30.7 Å². The van der Waals surface area contributed by atoms with Crippen LogP contribution in [0.15, 0.2) is 23.1 Å². The third-order valence-corrected chi connectivity index (χ3v) is 5.49. The Balaban J connectivity index is 2.10. The van der Waals surface area contributed by atoms with Gasteiger partial charge in [0.1, 0.15) is 4.90 Å². The van der Waals surface area contributed by atoms with Crippen molar-refractivity contribution < 1.29 is 8.42 Å². The maximum Gasteiger partial charge on any atom is 0.244 e. The molecule has 0 amide bonds. The molecule has 0 aliphatic carbocycles. The third-order valence-electron chi connectivity index (χ3n) is 3.35. The van der Waals surface area contributed by atoms with Crippen LogP contribution < -0.4 is 10.5 Å². The number of sulfonamides is 1. The van der Waals surface area contributed by atoms with Gasteiger partial charge in [0.2, 0.25) is 10.0 Å². The maximum atomic E-state index is 12.4. The van der Waals surface area contributed by atoms with E-state index in [0.29, 0.717) is 6.54 Å². The summed E-state index contributed by atoms with van der Waals surface area (Å²) < 4.78 is 27.4. The first kappa shape index (κ1) is 15.6. The van der Waals surface area contributed by atoms with Gasteiger partial charge in [-0.3, -0.25) is 0 Å². The topological polar surface area (TPSA) is 75.4 Å². The second-order valence-corrected chi connectivity index (χ2v) is 7.25. The second kappa shape index (κ2) is 6.30. The van der Waals surface area contributed by atoms with Crippen LogP contribution in [-0.4, -0.2) is 39.0 Å². The van der Waals surface area contributed by atoms with E-state index >= 15 is 0 Å². The van der Waals surface area contributed by atoms with Crippen molar-refractivity contribution in [1.82, 2.24) is 9.62 Å². The number of nitrogen functional groups attached to an aromatic ring is 1. The van der Waals surface area contributed by atoms with Crippen LogP contribution in [-0.2, 0) is 10.0 Å². The molecule has 3 N–H and O–H groups in total. The Morgan fingerprint density at radius 1 is 1.40 bits per heavy atom. The molecular formula is C13H20ClN3O2S. The lowest BCUT2D eigenvalue weighted by molar-refractivity contribution is 0.313. The zero-order valence-electron chi connectivity index (χ0n) is 11.5. The summed E-state index contributed by atoms with van der Waals surface area (Å²) >= 11 is 5.96. The van der Waals surface area contributed by atoms with E-state index in [4.69, 9.17) is 17.3 Å². The van der Waals surface area contributed by atoms with Gasteiger partial charge in [0.15, 0.2) is 0 Å². The van der Waals surface area contributed by atoms with Gasteiger partial charge in [-0.15, -0.1) is 0 Å². The molecule has 0 bridgehead atoms. The fraction of sp³-hybridized carbons (Fsp3) is 0.538. The number of hydrogen-bond acceptors (Lipinski definition) is 4.